The van der Waals surface area contributed by atoms with Crippen LogP contribution in [0.3, 0.4) is 0 Å². The minimum atomic E-state index is -0.826. The van der Waals surface area contributed by atoms with Crippen LogP contribution in [-0.4, -0.2) is 23.3 Å². The first-order chi connectivity index (χ1) is 10.9. The summed E-state index contributed by atoms with van der Waals surface area (Å²) in [5.74, 6) is -1.53. The van der Waals surface area contributed by atoms with E-state index in [-0.39, 0.29) is 16.8 Å². The minimum Gasteiger partial charge on any atom is -0.454 e. The molecule has 0 fully saturated rings. The number of esters is 1. The van der Waals surface area contributed by atoms with Gasteiger partial charge in [-0.15, -0.1) is 0 Å². The number of nitrogens with zero attached hydrogens (tertiary/aromatic N) is 1. The van der Waals surface area contributed by atoms with Gasteiger partial charge in [-0.25, -0.2) is 4.79 Å². The number of nitrogens with one attached hydrogen (secondary N) is 1. The standard InChI is InChI=1S/C16H13N3O4/c1-9(18)12(7-17)14(20)8-23-16(22)11-6-15(21)19-13-5-3-2-4-10(11)13/h2-6H,8,18H2,1H3,(H,19,21)/b12-9-. The lowest BCUT2D eigenvalue weighted by atomic mass is 10.1. The number of nitrogens with two attached hydrogens (primary N) is 1. The van der Waals surface area contributed by atoms with Gasteiger partial charge in [-0.1, -0.05) is 18.2 Å². The van der Waals surface area contributed by atoms with Gasteiger partial charge in [0, 0.05) is 22.7 Å². The average Bonchev–Trinajstić information content (AvgIpc) is 2.52. The van der Waals surface area contributed by atoms with Gasteiger partial charge in [-0.3, -0.25) is 9.59 Å². The van der Waals surface area contributed by atoms with Crippen LogP contribution in [0.4, 0.5) is 0 Å². The van der Waals surface area contributed by atoms with Gasteiger partial charge in [-0.05, 0) is 13.0 Å². The number of Topliss-reactive ketones (excluding diaryl/α,β-unsaturated/α-hetero) is 1. The summed E-state index contributed by atoms with van der Waals surface area (Å²) < 4.78 is 4.90. The molecule has 1 aromatic carbocycles. The number of benzene rings is 1. The summed E-state index contributed by atoms with van der Waals surface area (Å²) in [4.78, 5) is 38.1. The minimum absolute atomic E-state index is 0.0455. The second kappa shape index (κ2) is 6.58. The summed E-state index contributed by atoms with van der Waals surface area (Å²) in [6.07, 6.45) is 0. The molecule has 7 nitrogen and oxygen atoms in total. The first-order valence-corrected chi connectivity index (χ1v) is 6.63. The Morgan fingerprint density at radius 1 is 1.35 bits per heavy atom. The van der Waals surface area contributed by atoms with Gasteiger partial charge < -0.3 is 15.5 Å². The number of carbonyl (C=O) groups is 2. The van der Waals surface area contributed by atoms with E-state index in [9.17, 15) is 14.4 Å². The summed E-state index contributed by atoms with van der Waals surface area (Å²) in [7, 11) is 0. The fraction of sp³-hybridized carbons (Fsp3) is 0.125. The van der Waals surface area contributed by atoms with Crippen molar-refractivity contribution in [2.75, 3.05) is 6.61 Å². The molecule has 0 saturated carbocycles. The highest BCUT2D eigenvalue weighted by atomic mass is 16.5. The van der Waals surface area contributed by atoms with Gasteiger partial charge in [-0.2, -0.15) is 5.26 Å². The van der Waals surface area contributed by atoms with E-state index in [0.717, 1.165) is 6.07 Å². The normalized spacial score (nSPS) is 11.5. The third kappa shape index (κ3) is 3.44. The van der Waals surface area contributed by atoms with Crippen molar-refractivity contribution in [3.8, 4) is 6.07 Å². The van der Waals surface area contributed by atoms with Crippen LogP contribution in [0.1, 0.15) is 17.3 Å². The molecule has 23 heavy (non-hydrogen) atoms. The number of carbonyl (C=O) groups excluding carboxylic acids is 2. The highest BCUT2D eigenvalue weighted by Crippen LogP contribution is 2.15. The second-order valence-electron chi connectivity index (χ2n) is 4.76. The Labute approximate surface area is 131 Å². The quantitative estimate of drug-likeness (QED) is 0.493. The molecule has 1 aromatic heterocycles. The Morgan fingerprint density at radius 2 is 2.04 bits per heavy atom. The summed E-state index contributed by atoms with van der Waals surface area (Å²) in [6, 6.07) is 9.48. The number of fused-ring (bicyclic) bond motifs is 1. The van der Waals surface area contributed by atoms with Crippen molar-refractivity contribution in [1.29, 1.82) is 5.26 Å². The third-order valence-corrected chi connectivity index (χ3v) is 3.09. The Bertz CT molecular complexity index is 915. The molecule has 0 unspecified atom stereocenters. The zero-order valence-corrected chi connectivity index (χ0v) is 12.3. The summed E-state index contributed by atoms with van der Waals surface area (Å²) in [5, 5.41) is 9.33. The molecule has 1 heterocycles. The average molecular weight is 311 g/mol. The van der Waals surface area contributed by atoms with Crippen LogP contribution < -0.4 is 11.3 Å². The molecular formula is C16H13N3O4. The number of aromatic amines is 1. The lowest BCUT2D eigenvalue weighted by Gasteiger charge is -2.07. The fourth-order valence-electron chi connectivity index (χ4n) is 2.02. The Morgan fingerprint density at radius 3 is 2.70 bits per heavy atom. The predicted molar refractivity (Wildman–Crippen MR) is 82.4 cm³/mol. The molecule has 2 aromatic rings. The molecule has 2 rings (SSSR count). The molecule has 0 aliphatic rings. The monoisotopic (exact) mass is 311 g/mol. The Hall–Kier alpha value is -3.40. The van der Waals surface area contributed by atoms with Crippen molar-refractivity contribution < 1.29 is 14.3 Å². The highest BCUT2D eigenvalue weighted by molar-refractivity contribution is 6.05. The van der Waals surface area contributed by atoms with E-state index in [0.29, 0.717) is 10.9 Å². The number of H-pyrrole nitrogens is 1. The lowest BCUT2D eigenvalue weighted by Crippen LogP contribution is -2.19. The Kier molecular flexibility index (Phi) is 4.57. The molecule has 7 heteroatoms. The van der Waals surface area contributed by atoms with E-state index in [1.54, 1.807) is 30.3 Å². The number of pyridine rings is 1. The fourth-order valence-corrected chi connectivity index (χ4v) is 2.02. The smallest absolute Gasteiger partial charge is 0.339 e. The van der Waals surface area contributed by atoms with Gasteiger partial charge in [0.05, 0.1) is 5.56 Å². The first-order valence-electron chi connectivity index (χ1n) is 6.63. The molecular weight excluding hydrogens is 298 g/mol. The molecule has 116 valence electrons. The molecule has 0 radical (unpaired) electrons. The summed E-state index contributed by atoms with van der Waals surface area (Å²) in [6.45, 7) is 0.778. The third-order valence-electron chi connectivity index (χ3n) is 3.09. The zero-order chi connectivity index (χ0) is 17.0. The summed E-state index contributed by atoms with van der Waals surface area (Å²) >= 11 is 0. The number of ketones is 1. The van der Waals surface area contributed by atoms with Gasteiger partial charge in [0.2, 0.25) is 11.3 Å². The van der Waals surface area contributed by atoms with Crippen molar-refractivity contribution in [2.45, 2.75) is 6.92 Å². The van der Waals surface area contributed by atoms with Crippen molar-refractivity contribution in [3.05, 3.63) is 57.5 Å². The van der Waals surface area contributed by atoms with E-state index >= 15 is 0 Å². The molecule has 0 bridgehead atoms. The maximum atomic E-state index is 12.1. The SMILES string of the molecule is C/C(N)=C(\C#N)C(=O)COC(=O)c1cc(=O)[nH]c2ccccc12. The second-order valence-corrected chi connectivity index (χ2v) is 4.76. The van der Waals surface area contributed by atoms with E-state index in [1.807, 2.05) is 0 Å². The Balaban J connectivity index is 2.26. The number of nitriles is 1. The van der Waals surface area contributed by atoms with Crippen molar-refractivity contribution in [1.82, 2.24) is 4.98 Å². The number of ether oxygens (including phenoxy) is 1. The molecule has 0 saturated heterocycles. The predicted octanol–water partition coefficient (Wildman–Crippen LogP) is 1.01. The number of allylic oxidation sites excluding steroid dienone is 1. The maximum Gasteiger partial charge on any atom is 0.339 e. The van der Waals surface area contributed by atoms with Crippen LogP contribution in [0.5, 0.6) is 0 Å². The van der Waals surface area contributed by atoms with E-state index in [2.05, 4.69) is 4.98 Å². The molecule has 0 aliphatic carbocycles. The van der Waals surface area contributed by atoms with Crippen LogP contribution in [0, 0.1) is 11.3 Å². The number of hydrogen-bond acceptors (Lipinski definition) is 6. The zero-order valence-electron chi connectivity index (χ0n) is 12.3. The van der Waals surface area contributed by atoms with Gasteiger partial charge in [0.1, 0.15) is 11.6 Å². The molecule has 0 amide bonds. The van der Waals surface area contributed by atoms with Crippen LogP contribution in [0.25, 0.3) is 10.9 Å². The van der Waals surface area contributed by atoms with Crippen LogP contribution in [0.15, 0.2) is 46.4 Å². The number of hydrogen-bond donors (Lipinski definition) is 2. The number of para-hydroxylation sites is 1. The molecule has 0 spiro atoms. The lowest BCUT2D eigenvalue weighted by molar-refractivity contribution is -0.118. The van der Waals surface area contributed by atoms with Crippen LogP contribution in [-0.2, 0) is 9.53 Å². The van der Waals surface area contributed by atoms with Crippen molar-refractivity contribution >= 4 is 22.7 Å². The number of aromatic nitrogens is 1. The number of rotatable bonds is 4. The van der Waals surface area contributed by atoms with Gasteiger partial charge >= 0.3 is 5.97 Å². The largest absolute Gasteiger partial charge is 0.454 e. The van der Waals surface area contributed by atoms with E-state index in [1.165, 1.54) is 6.92 Å². The van der Waals surface area contributed by atoms with Crippen LogP contribution in [0.2, 0.25) is 0 Å². The molecule has 3 N–H and O–H groups in total. The maximum absolute atomic E-state index is 12.1. The van der Waals surface area contributed by atoms with Crippen molar-refractivity contribution in [2.24, 2.45) is 5.73 Å². The highest BCUT2D eigenvalue weighted by Gasteiger charge is 2.17. The van der Waals surface area contributed by atoms with E-state index in [4.69, 9.17) is 15.7 Å². The molecule has 0 atom stereocenters. The van der Waals surface area contributed by atoms with Gasteiger partial charge in [0.15, 0.2) is 6.61 Å². The van der Waals surface area contributed by atoms with Crippen LogP contribution >= 0.6 is 0 Å². The van der Waals surface area contributed by atoms with Gasteiger partial charge in [0.25, 0.3) is 0 Å². The summed E-state index contributed by atoms with van der Waals surface area (Å²) in [5.41, 5.74) is 5.27. The first kappa shape index (κ1) is 16.0. The van der Waals surface area contributed by atoms with E-state index < -0.39 is 23.9 Å². The molecule has 0 aliphatic heterocycles. The topological polar surface area (TPSA) is 126 Å². The van der Waals surface area contributed by atoms with Crippen molar-refractivity contribution in [3.63, 3.8) is 0 Å².